The van der Waals surface area contributed by atoms with Crippen molar-refractivity contribution in [3.05, 3.63) is 24.8 Å². The van der Waals surface area contributed by atoms with Gasteiger partial charge in [0.05, 0.1) is 7.14 Å². The maximum atomic E-state index is 10.5. The van der Waals surface area contributed by atoms with Gasteiger partial charge < -0.3 is 15.9 Å². The van der Waals surface area contributed by atoms with Crippen LogP contribution in [0, 0.1) is 7.14 Å². The first-order valence-corrected chi connectivity index (χ1v) is 6.73. The Morgan fingerprint density at radius 1 is 1.38 bits per heavy atom. The number of hydrogen-bond donors (Lipinski definition) is 3. The van der Waals surface area contributed by atoms with Crippen LogP contribution in [0.2, 0.25) is 0 Å². The van der Waals surface area contributed by atoms with E-state index in [0.29, 0.717) is 12.8 Å². The van der Waals surface area contributed by atoms with Gasteiger partial charge in [0.2, 0.25) is 0 Å². The van der Waals surface area contributed by atoms with Crippen molar-refractivity contribution in [1.82, 2.24) is 0 Å². The van der Waals surface area contributed by atoms with Crippen LogP contribution >= 0.6 is 45.2 Å². The highest BCUT2D eigenvalue weighted by Crippen LogP contribution is 2.27. The van der Waals surface area contributed by atoms with E-state index in [-0.39, 0.29) is 5.75 Å². The molecule has 1 aromatic rings. The summed E-state index contributed by atoms with van der Waals surface area (Å²) in [6.45, 7) is 0. The molecule has 6 heteroatoms. The third kappa shape index (κ3) is 3.74. The first-order chi connectivity index (χ1) is 7.41. The van der Waals surface area contributed by atoms with Gasteiger partial charge in [-0.05, 0) is 75.7 Å². The molecule has 0 aromatic heterocycles. The van der Waals surface area contributed by atoms with Crippen molar-refractivity contribution in [2.75, 3.05) is 0 Å². The molecule has 0 saturated heterocycles. The Morgan fingerprint density at radius 2 is 1.88 bits per heavy atom. The second-order valence-electron chi connectivity index (χ2n) is 3.39. The highest BCUT2D eigenvalue weighted by molar-refractivity contribution is 14.1. The number of benzene rings is 1. The predicted octanol–water partition coefficient (Wildman–Crippen LogP) is 1.95. The molecule has 4 nitrogen and oxygen atoms in total. The minimum absolute atomic E-state index is 0.271. The molecule has 1 rings (SSSR count). The highest BCUT2D eigenvalue weighted by Gasteiger charge is 2.12. The molecule has 0 amide bonds. The average Bonchev–Trinajstić information content (AvgIpc) is 2.22. The summed E-state index contributed by atoms with van der Waals surface area (Å²) in [5.41, 5.74) is 6.41. The summed E-state index contributed by atoms with van der Waals surface area (Å²) < 4.78 is 1.53. The molecule has 16 heavy (non-hydrogen) atoms. The number of carboxylic acid groups (broad SMARTS) is 1. The van der Waals surface area contributed by atoms with Crippen LogP contribution in [0.15, 0.2) is 12.1 Å². The number of rotatable bonds is 4. The fraction of sp³-hybridized carbons (Fsp3) is 0.300. The Balaban J connectivity index is 2.72. The summed E-state index contributed by atoms with van der Waals surface area (Å²) in [6.07, 6.45) is 0.992. The van der Waals surface area contributed by atoms with Crippen LogP contribution in [-0.4, -0.2) is 22.2 Å². The number of aromatic hydroxyl groups is 1. The second-order valence-corrected chi connectivity index (χ2v) is 5.72. The molecule has 0 radical (unpaired) electrons. The Kier molecular flexibility index (Phi) is 5.25. The first-order valence-electron chi connectivity index (χ1n) is 4.57. The SMILES string of the molecule is NC(CCc1cc(I)c(O)c(I)c1)C(=O)O. The molecule has 4 N–H and O–H groups in total. The van der Waals surface area contributed by atoms with Gasteiger partial charge in [-0.2, -0.15) is 0 Å². The molecule has 1 atom stereocenters. The molecule has 1 unspecified atom stereocenters. The zero-order chi connectivity index (χ0) is 12.3. The second kappa shape index (κ2) is 6.01. The zero-order valence-corrected chi connectivity index (χ0v) is 12.6. The van der Waals surface area contributed by atoms with Crippen molar-refractivity contribution >= 4 is 51.2 Å². The minimum atomic E-state index is -0.983. The molecule has 1 aromatic carbocycles. The van der Waals surface area contributed by atoms with Gasteiger partial charge in [0.25, 0.3) is 0 Å². The van der Waals surface area contributed by atoms with Gasteiger partial charge >= 0.3 is 5.97 Å². The number of carboxylic acids is 1. The fourth-order valence-electron chi connectivity index (χ4n) is 1.21. The Morgan fingerprint density at radius 3 is 2.31 bits per heavy atom. The molecule has 0 fully saturated rings. The van der Waals surface area contributed by atoms with Crippen LogP contribution in [0.25, 0.3) is 0 Å². The summed E-state index contributed by atoms with van der Waals surface area (Å²) in [7, 11) is 0. The molecule has 0 heterocycles. The van der Waals surface area contributed by atoms with Gasteiger partial charge in [0, 0.05) is 0 Å². The number of phenolic OH excluding ortho intramolecular Hbond substituents is 1. The molecule has 0 aliphatic heterocycles. The third-order valence-electron chi connectivity index (χ3n) is 2.14. The minimum Gasteiger partial charge on any atom is -0.506 e. The number of aryl methyl sites for hydroxylation is 1. The number of halogens is 2. The monoisotopic (exact) mass is 447 g/mol. The summed E-state index contributed by atoms with van der Waals surface area (Å²) in [5, 5.41) is 18.2. The Bertz CT molecular complexity index is 386. The molecule has 0 bridgehead atoms. The average molecular weight is 447 g/mol. The maximum absolute atomic E-state index is 10.5. The molecular weight excluding hydrogens is 436 g/mol. The van der Waals surface area contributed by atoms with Crippen LogP contribution < -0.4 is 5.73 Å². The predicted molar refractivity (Wildman–Crippen MR) is 77.5 cm³/mol. The van der Waals surface area contributed by atoms with E-state index in [1.807, 2.05) is 57.3 Å². The highest BCUT2D eigenvalue weighted by atomic mass is 127. The standard InChI is InChI=1S/C10H11I2NO3/c11-6-3-5(4-7(12)9(6)14)1-2-8(13)10(15)16/h3-4,8,14H,1-2,13H2,(H,15,16). The molecular formula is C10H11I2NO3. The topological polar surface area (TPSA) is 83.5 Å². The maximum Gasteiger partial charge on any atom is 0.320 e. The van der Waals surface area contributed by atoms with Crippen molar-refractivity contribution in [3.63, 3.8) is 0 Å². The lowest BCUT2D eigenvalue weighted by molar-refractivity contribution is -0.138. The number of phenols is 1. The van der Waals surface area contributed by atoms with Crippen molar-refractivity contribution < 1.29 is 15.0 Å². The fourth-order valence-corrected chi connectivity index (χ4v) is 3.11. The van der Waals surface area contributed by atoms with Gasteiger partial charge in [0.15, 0.2) is 0 Å². The quantitative estimate of drug-likeness (QED) is 0.617. The lowest BCUT2D eigenvalue weighted by Crippen LogP contribution is -2.30. The van der Waals surface area contributed by atoms with E-state index >= 15 is 0 Å². The van der Waals surface area contributed by atoms with Crippen LogP contribution in [0.4, 0.5) is 0 Å². The van der Waals surface area contributed by atoms with E-state index in [1.165, 1.54) is 0 Å². The third-order valence-corrected chi connectivity index (χ3v) is 3.78. The number of nitrogens with two attached hydrogens (primary N) is 1. The van der Waals surface area contributed by atoms with E-state index < -0.39 is 12.0 Å². The van der Waals surface area contributed by atoms with Crippen molar-refractivity contribution in [2.24, 2.45) is 5.73 Å². The number of carbonyl (C=O) groups is 1. The van der Waals surface area contributed by atoms with E-state index in [0.717, 1.165) is 12.7 Å². The molecule has 0 aliphatic carbocycles. The van der Waals surface area contributed by atoms with E-state index in [9.17, 15) is 9.90 Å². The van der Waals surface area contributed by atoms with Crippen molar-refractivity contribution in [2.45, 2.75) is 18.9 Å². The molecule has 0 saturated carbocycles. The summed E-state index contributed by atoms with van der Waals surface area (Å²) in [4.78, 5) is 10.5. The summed E-state index contributed by atoms with van der Waals surface area (Å²) in [6, 6.07) is 2.85. The van der Waals surface area contributed by atoms with E-state index in [1.54, 1.807) is 0 Å². The van der Waals surface area contributed by atoms with Gasteiger partial charge in [-0.15, -0.1) is 0 Å². The van der Waals surface area contributed by atoms with Gasteiger partial charge in [-0.1, -0.05) is 0 Å². The molecule has 0 aliphatic rings. The van der Waals surface area contributed by atoms with Gasteiger partial charge in [-0.25, -0.2) is 0 Å². The van der Waals surface area contributed by atoms with E-state index in [2.05, 4.69) is 0 Å². The van der Waals surface area contributed by atoms with Crippen LogP contribution in [0.1, 0.15) is 12.0 Å². The Hall–Kier alpha value is -0.0900. The lowest BCUT2D eigenvalue weighted by Gasteiger charge is -2.08. The molecule has 88 valence electrons. The van der Waals surface area contributed by atoms with Crippen LogP contribution in [-0.2, 0) is 11.2 Å². The number of aliphatic carboxylic acids is 1. The smallest absolute Gasteiger partial charge is 0.320 e. The molecule has 0 spiro atoms. The van der Waals surface area contributed by atoms with Gasteiger partial charge in [-0.3, -0.25) is 4.79 Å². The number of hydrogen-bond acceptors (Lipinski definition) is 3. The van der Waals surface area contributed by atoms with Crippen molar-refractivity contribution in [3.8, 4) is 5.75 Å². The van der Waals surface area contributed by atoms with E-state index in [4.69, 9.17) is 10.8 Å². The van der Waals surface area contributed by atoms with Crippen LogP contribution in [0.3, 0.4) is 0 Å². The first kappa shape index (κ1) is 14.0. The lowest BCUT2D eigenvalue weighted by atomic mass is 10.1. The Labute approximate surface area is 121 Å². The van der Waals surface area contributed by atoms with Gasteiger partial charge in [0.1, 0.15) is 11.8 Å². The zero-order valence-electron chi connectivity index (χ0n) is 8.28. The summed E-state index contributed by atoms with van der Waals surface area (Å²) >= 11 is 4.09. The van der Waals surface area contributed by atoms with Crippen LogP contribution in [0.5, 0.6) is 5.75 Å². The largest absolute Gasteiger partial charge is 0.506 e. The normalized spacial score (nSPS) is 12.4. The van der Waals surface area contributed by atoms with Crippen molar-refractivity contribution in [1.29, 1.82) is 0 Å². The summed E-state index contributed by atoms with van der Waals surface area (Å²) in [5.74, 6) is -0.712.